The van der Waals surface area contributed by atoms with Crippen molar-refractivity contribution >= 4 is 29.6 Å². The molecule has 5 heteroatoms. The summed E-state index contributed by atoms with van der Waals surface area (Å²) in [5, 5.41) is 28.6. The van der Waals surface area contributed by atoms with Crippen molar-refractivity contribution in [1.82, 2.24) is 0 Å². The first-order valence-electron chi connectivity index (χ1n) is 7.26. The Morgan fingerprint density at radius 2 is 1.17 bits per heavy atom. The molecule has 0 amide bonds. The zero-order valence-electron chi connectivity index (χ0n) is 12.4. The third kappa shape index (κ3) is 3.21. The van der Waals surface area contributed by atoms with Crippen LogP contribution in [-0.2, 0) is 0 Å². The molecule has 0 fully saturated rings. The van der Waals surface area contributed by atoms with Crippen LogP contribution in [0.3, 0.4) is 0 Å². The highest BCUT2D eigenvalue weighted by molar-refractivity contribution is 6.59. The van der Waals surface area contributed by atoms with Crippen molar-refractivity contribution in [2.24, 2.45) is 0 Å². The lowest BCUT2D eigenvalue weighted by Crippen LogP contribution is -2.30. The molecule has 3 rings (SSSR count). The molecule has 4 nitrogen and oxygen atoms in total. The minimum absolute atomic E-state index is 0.0785. The maximum Gasteiger partial charge on any atom is 0.492 e. The maximum absolute atomic E-state index is 10.1. The first-order chi connectivity index (χ1) is 11.2. The molecule has 3 aromatic carbocycles. The average molecular weight is 305 g/mol. The number of aromatic hydroxyl groups is 1. The standard InChI is InChI=1S/C18H16BNO3/c21-18-13-16(11-12-17(18)19(22)23)20(14-7-3-1-4-8-14)15-9-5-2-6-10-15/h1-13,21-23H. The van der Waals surface area contributed by atoms with E-state index >= 15 is 0 Å². The van der Waals surface area contributed by atoms with Gasteiger partial charge >= 0.3 is 7.12 Å². The molecular weight excluding hydrogens is 289 g/mol. The molecule has 3 N–H and O–H groups in total. The summed E-state index contributed by atoms with van der Waals surface area (Å²) in [6.45, 7) is 0. The molecule has 0 aromatic heterocycles. The van der Waals surface area contributed by atoms with Crippen LogP contribution in [-0.4, -0.2) is 22.3 Å². The zero-order chi connectivity index (χ0) is 16.2. The number of hydrogen-bond acceptors (Lipinski definition) is 4. The van der Waals surface area contributed by atoms with Crippen LogP contribution in [0.25, 0.3) is 0 Å². The minimum Gasteiger partial charge on any atom is -0.508 e. The van der Waals surface area contributed by atoms with Gasteiger partial charge in [-0.3, -0.25) is 0 Å². The average Bonchev–Trinajstić information content (AvgIpc) is 2.57. The van der Waals surface area contributed by atoms with E-state index in [1.165, 1.54) is 12.1 Å². The lowest BCUT2D eigenvalue weighted by Gasteiger charge is -2.25. The van der Waals surface area contributed by atoms with Gasteiger partial charge in [0, 0.05) is 28.6 Å². The first-order valence-corrected chi connectivity index (χ1v) is 7.26. The number of hydrogen-bond donors (Lipinski definition) is 3. The summed E-state index contributed by atoms with van der Waals surface area (Å²) in [5.74, 6) is -0.158. The monoisotopic (exact) mass is 305 g/mol. The van der Waals surface area contributed by atoms with E-state index in [0.29, 0.717) is 0 Å². The highest BCUT2D eigenvalue weighted by Crippen LogP contribution is 2.34. The minimum atomic E-state index is -1.70. The van der Waals surface area contributed by atoms with Crippen LogP contribution in [0.1, 0.15) is 0 Å². The molecule has 0 saturated carbocycles. The molecule has 0 saturated heterocycles. The summed E-state index contributed by atoms with van der Waals surface area (Å²) in [4.78, 5) is 1.98. The fourth-order valence-electron chi connectivity index (χ4n) is 2.49. The number of benzene rings is 3. The van der Waals surface area contributed by atoms with Crippen LogP contribution in [0.15, 0.2) is 78.9 Å². The van der Waals surface area contributed by atoms with Crippen LogP contribution in [0.5, 0.6) is 5.75 Å². The van der Waals surface area contributed by atoms with Gasteiger partial charge in [-0.2, -0.15) is 0 Å². The van der Waals surface area contributed by atoms with E-state index in [2.05, 4.69) is 0 Å². The van der Waals surface area contributed by atoms with Gasteiger partial charge in [-0.05, 0) is 30.3 Å². The summed E-state index contributed by atoms with van der Waals surface area (Å²) in [5.41, 5.74) is 2.69. The quantitative estimate of drug-likeness (QED) is 0.648. The predicted molar refractivity (Wildman–Crippen MR) is 92.6 cm³/mol. The van der Waals surface area contributed by atoms with Crippen molar-refractivity contribution in [3.05, 3.63) is 78.9 Å². The Morgan fingerprint density at radius 3 is 1.61 bits per heavy atom. The van der Waals surface area contributed by atoms with Crippen LogP contribution >= 0.6 is 0 Å². The fourth-order valence-corrected chi connectivity index (χ4v) is 2.49. The molecule has 0 aliphatic heterocycles. The van der Waals surface area contributed by atoms with Crippen LogP contribution < -0.4 is 10.4 Å². The Hall–Kier alpha value is -2.76. The van der Waals surface area contributed by atoms with Crippen molar-refractivity contribution in [1.29, 1.82) is 0 Å². The van der Waals surface area contributed by atoms with Crippen LogP contribution in [0, 0.1) is 0 Å². The van der Waals surface area contributed by atoms with E-state index in [1.54, 1.807) is 6.07 Å². The first kappa shape index (κ1) is 15.2. The highest BCUT2D eigenvalue weighted by Gasteiger charge is 2.19. The summed E-state index contributed by atoms with van der Waals surface area (Å²) in [7, 11) is -1.70. The lowest BCUT2D eigenvalue weighted by atomic mass is 9.79. The predicted octanol–water partition coefficient (Wildman–Crippen LogP) is 2.54. The van der Waals surface area contributed by atoms with E-state index in [1.807, 2.05) is 65.6 Å². The molecule has 0 aliphatic carbocycles. The molecule has 0 heterocycles. The second kappa shape index (κ2) is 6.56. The van der Waals surface area contributed by atoms with Crippen molar-refractivity contribution in [2.45, 2.75) is 0 Å². The van der Waals surface area contributed by atoms with E-state index < -0.39 is 7.12 Å². The Labute approximate surface area is 135 Å². The van der Waals surface area contributed by atoms with E-state index in [0.717, 1.165) is 17.1 Å². The van der Waals surface area contributed by atoms with Gasteiger partial charge < -0.3 is 20.1 Å². The normalized spacial score (nSPS) is 10.3. The number of phenolic OH excluding ortho intramolecular Hbond substituents is 1. The van der Waals surface area contributed by atoms with Gasteiger partial charge in [0.1, 0.15) is 5.75 Å². The molecule has 0 unspecified atom stereocenters. The lowest BCUT2D eigenvalue weighted by molar-refractivity contribution is 0.419. The second-order valence-electron chi connectivity index (χ2n) is 5.12. The van der Waals surface area contributed by atoms with Gasteiger partial charge in [0.15, 0.2) is 0 Å². The van der Waals surface area contributed by atoms with Crippen molar-refractivity contribution in [3.63, 3.8) is 0 Å². The number of nitrogens with zero attached hydrogens (tertiary/aromatic N) is 1. The molecular formula is C18H16BNO3. The third-order valence-electron chi connectivity index (χ3n) is 3.58. The molecule has 23 heavy (non-hydrogen) atoms. The molecule has 0 spiro atoms. The van der Waals surface area contributed by atoms with Gasteiger partial charge in [0.25, 0.3) is 0 Å². The topological polar surface area (TPSA) is 63.9 Å². The third-order valence-corrected chi connectivity index (χ3v) is 3.58. The van der Waals surface area contributed by atoms with Crippen LogP contribution in [0.4, 0.5) is 17.1 Å². The smallest absolute Gasteiger partial charge is 0.492 e. The molecule has 0 aliphatic rings. The fraction of sp³-hybridized carbons (Fsp3) is 0. The Balaban J connectivity index is 2.11. The Bertz CT molecular complexity index is 739. The van der Waals surface area contributed by atoms with Crippen molar-refractivity contribution < 1.29 is 15.2 Å². The number of rotatable bonds is 4. The molecule has 0 bridgehead atoms. The van der Waals surface area contributed by atoms with Gasteiger partial charge in [0.2, 0.25) is 0 Å². The van der Waals surface area contributed by atoms with Crippen LogP contribution in [0.2, 0.25) is 0 Å². The van der Waals surface area contributed by atoms with Gasteiger partial charge in [-0.25, -0.2) is 0 Å². The molecule has 0 radical (unpaired) electrons. The van der Waals surface area contributed by atoms with Gasteiger partial charge in [-0.15, -0.1) is 0 Å². The molecule has 0 atom stereocenters. The zero-order valence-corrected chi connectivity index (χ0v) is 12.4. The SMILES string of the molecule is OB(O)c1ccc(N(c2ccccc2)c2ccccc2)cc1O. The Kier molecular flexibility index (Phi) is 4.32. The summed E-state index contributed by atoms with van der Waals surface area (Å²) in [6, 6.07) is 24.3. The van der Waals surface area contributed by atoms with Crippen molar-refractivity contribution in [2.75, 3.05) is 4.90 Å². The second-order valence-corrected chi connectivity index (χ2v) is 5.12. The van der Waals surface area contributed by atoms with E-state index in [-0.39, 0.29) is 11.2 Å². The largest absolute Gasteiger partial charge is 0.508 e. The number of phenols is 1. The summed E-state index contributed by atoms with van der Waals surface area (Å²) in [6.07, 6.45) is 0. The number of anilines is 3. The van der Waals surface area contributed by atoms with E-state index in [4.69, 9.17) is 0 Å². The Morgan fingerprint density at radius 1 is 0.652 bits per heavy atom. The van der Waals surface area contributed by atoms with Gasteiger partial charge in [-0.1, -0.05) is 42.5 Å². The summed E-state index contributed by atoms with van der Waals surface area (Å²) >= 11 is 0. The highest BCUT2D eigenvalue weighted by atomic mass is 16.4. The maximum atomic E-state index is 10.1. The number of para-hydroxylation sites is 2. The molecule has 3 aromatic rings. The molecule has 114 valence electrons. The summed E-state index contributed by atoms with van der Waals surface area (Å²) < 4.78 is 0. The van der Waals surface area contributed by atoms with E-state index in [9.17, 15) is 15.2 Å². The van der Waals surface area contributed by atoms with Crippen molar-refractivity contribution in [3.8, 4) is 5.75 Å². The van der Waals surface area contributed by atoms with Gasteiger partial charge in [0.05, 0.1) is 0 Å².